The van der Waals surface area contributed by atoms with Gasteiger partial charge in [0.25, 0.3) is 0 Å². The first-order valence-electron chi connectivity index (χ1n) is 6.12. The first-order valence-corrected chi connectivity index (χ1v) is 9.67. The molecule has 1 saturated heterocycles. The van der Waals surface area contributed by atoms with Gasteiger partial charge in [0.15, 0.2) is 0 Å². The molecule has 0 aliphatic carbocycles. The molecule has 0 bridgehead atoms. The number of aromatic amines is 1. The first-order chi connectivity index (χ1) is 8.65. The highest BCUT2D eigenvalue weighted by Gasteiger charge is 2.29. The molecule has 1 aromatic heterocycles. The number of fused-ring (bicyclic) bond motifs is 1. The van der Waals surface area contributed by atoms with Gasteiger partial charge in [-0.2, -0.15) is 23.5 Å². The third kappa shape index (κ3) is 2.49. The summed E-state index contributed by atoms with van der Waals surface area (Å²) in [5.74, 6) is 4.32. The molecule has 0 radical (unpaired) electrons. The van der Waals surface area contributed by atoms with Gasteiger partial charge in [-0.3, -0.25) is 0 Å². The van der Waals surface area contributed by atoms with E-state index >= 15 is 0 Å². The van der Waals surface area contributed by atoms with Crippen molar-refractivity contribution in [3.8, 4) is 0 Å². The van der Waals surface area contributed by atoms with Crippen molar-refractivity contribution in [3.05, 3.63) is 21.7 Å². The fourth-order valence-electron chi connectivity index (χ4n) is 2.17. The minimum atomic E-state index is 0.471. The number of rotatable bonds is 1. The topological polar surface area (TPSA) is 28.7 Å². The molecule has 1 aromatic rings. The van der Waals surface area contributed by atoms with Gasteiger partial charge in [-0.25, -0.2) is 4.98 Å². The highest BCUT2D eigenvalue weighted by molar-refractivity contribution is 8.07. The average molecular weight is 317 g/mol. The Morgan fingerprint density at radius 2 is 2.11 bits per heavy atom. The Balaban J connectivity index is 1.89. The van der Waals surface area contributed by atoms with Gasteiger partial charge in [0, 0.05) is 39.0 Å². The SMILES string of the molecule is CC1SCC(c2nc(=S)c3c([nH]2)CSC3)SC1C. The number of aromatic nitrogens is 2. The first kappa shape index (κ1) is 13.3. The van der Waals surface area contributed by atoms with Crippen LogP contribution in [0, 0.1) is 4.64 Å². The molecule has 6 heteroatoms. The van der Waals surface area contributed by atoms with Crippen LogP contribution in [0.15, 0.2) is 0 Å². The van der Waals surface area contributed by atoms with Crippen molar-refractivity contribution in [2.75, 3.05) is 5.75 Å². The van der Waals surface area contributed by atoms with E-state index in [1.807, 2.05) is 35.3 Å². The zero-order valence-electron chi connectivity index (χ0n) is 10.4. The molecule has 0 amide bonds. The number of nitrogens with zero attached hydrogens (tertiary/aromatic N) is 1. The van der Waals surface area contributed by atoms with Gasteiger partial charge in [-0.15, -0.1) is 11.8 Å². The largest absolute Gasteiger partial charge is 0.345 e. The molecule has 2 aliphatic heterocycles. The van der Waals surface area contributed by atoms with Crippen molar-refractivity contribution < 1.29 is 0 Å². The lowest BCUT2D eigenvalue weighted by molar-refractivity contribution is 0.844. The maximum atomic E-state index is 5.43. The Bertz CT molecular complexity index is 513. The van der Waals surface area contributed by atoms with Gasteiger partial charge in [0.2, 0.25) is 0 Å². The predicted octanol–water partition coefficient (Wildman–Crippen LogP) is 4.18. The fraction of sp³-hybridized carbons (Fsp3) is 0.667. The van der Waals surface area contributed by atoms with E-state index in [1.54, 1.807) is 0 Å². The second kappa shape index (κ2) is 5.38. The Labute approximate surface area is 126 Å². The van der Waals surface area contributed by atoms with Crippen molar-refractivity contribution >= 4 is 47.5 Å². The van der Waals surface area contributed by atoms with Crippen LogP contribution in [0.25, 0.3) is 0 Å². The molecule has 0 aromatic carbocycles. The lowest BCUT2D eigenvalue weighted by Gasteiger charge is -2.30. The number of hydrogen-bond donors (Lipinski definition) is 1. The number of thioether (sulfide) groups is 3. The second-order valence-corrected chi connectivity index (χ2v) is 9.11. The van der Waals surface area contributed by atoms with Gasteiger partial charge < -0.3 is 4.98 Å². The highest BCUT2D eigenvalue weighted by atomic mass is 32.2. The maximum Gasteiger partial charge on any atom is 0.134 e. The minimum absolute atomic E-state index is 0.471. The van der Waals surface area contributed by atoms with E-state index in [2.05, 4.69) is 23.8 Å². The van der Waals surface area contributed by atoms with Crippen LogP contribution >= 0.6 is 47.5 Å². The van der Waals surface area contributed by atoms with Gasteiger partial charge in [0.1, 0.15) is 10.5 Å². The van der Waals surface area contributed by atoms with Crippen molar-refractivity contribution in [3.63, 3.8) is 0 Å². The summed E-state index contributed by atoms with van der Waals surface area (Å²) in [5.41, 5.74) is 2.57. The Hall–Kier alpha value is 0.350. The molecule has 3 atom stereocenters. The smallest absolute Gasteiger partial charge is 0.134 e. The molecule has 0 saturated carbocycles. The normalized spacial score (nSPS) is 31.3. The van der Waals surface area contributed by atoms with Crippen LogP contribution in [0.1, 0.15) is 36.2 Å². The summed E-state index contributed by atoms with van der Waals surface area (Å²) in [7, 11) is 0. The summed E-state index contributed by atoms with van der Waals surface area (Å²) in [6.45, 7) is 4.62. The molecular weight excluding hydrogens is 300 g/mol. The summed E-state index contributed by atoms with van der Waals surface area (Å²) in [6.07, 6.45) is 0. The molecule has 0 spiro atoms. The molecule has 98 valence electrons. The molecule has 3 unspecified atom stereocenters. The number of nitrogens with one attached hydrogen (secondary N) is 1. The van der Waals surface area contributed by atoms with E-state index in [4.69, 9.17) is 12.2 Å². The van der Waals surface area contributed by atoms with E-state index in [-0.39, 0.29) is 0 Å². The Kier molecular flexibility index (Phi) is 3.99. The zero-order chi connectivity index (χ0) is 12.7. The summed E-state index contributed by atoms with van der Waals surface area (Å²) < 4.78 is 0.820. The van der Waals surface area contributed by atoms with Gasteiger partial charge in [0.05, 0.1) is 5.25 Å². The van der Waals surface area contributed by atoms with Crippen molar-refractivity contribution in [2.24, 2.45) is 0 Å². The van der Waals surface area contributed by atoms with Crippen LogP contribution in [-0.4, -0.2) is 26.2 Å². The molecule has 3 rings (SSSR count). The van der Waals surface area contributed by atoms with Crippen LogP contribution in [0.3, 0.4) is 0 Å². The Morgan fingerprint density at radius 3 is 2.89 bits per heavy atom. The second-order valence-electron chi connectivity index (χ2n) is 4.75. The summed E-state index contributed by atoms with van der Waals surface area (Å²) in [4.78, 5) is 8.18. The molecule has 18 heavy (non-hydrogen) atoms. The lowest BCUT2D eigenvalue weighted by Crippen LogP contribution is -2.23. The monoisotopic (exact) mass is 316 g/mol. The molecular formula is C12H16N2S4. The molecule has 1 fully saturated rings. The zero-order valence-corrected chi connectivity index (χ0v) is 13.7. The minimum Gasteiger partial charge on any atom is -0.345 e. The Morgan fingerprint density at radius 1 is 1.28 bits per heavy atom. The van der Waals surface area contributed by atoms with Crippen LogP contribution in [-0.2, 0) is 11.5 Å². The molecule has 2 aliphatic rings. The standard InChI is InChI=1S/C12H16N2S4/c1-6-7(2)18-10(5-17-6)11-13-9-4-16-3-8(9)12(15)14-11/h6-7,10H,3-5H2,1-2H3,(H,13,14,15). The van der Waals surface area contributed by atoms with Gasteiger partial charge in [-0.1, -0.05) is 26.1 Å². The maximum absolute atomic E-state index is 5.43. The lowest BCUT2D eigenvalue weighted by atomic mass is 10.2. The summed E-state index contributed by atoms with van der Waals surface area (Å²) in [5, 5.41) is 1.89. The third-order valence-corrected chi connectivity index (χ3v) is 8.19. The van der Waals surface area contributed by atoms with Crippen molar-refractivity contribution in [1.82, 2.24) is 9.97 Å². The van der Waals surface area contributed by atoms with Crippen LogP contribution < -0.4 is 0 Å². The van der Waals surface area contributed by atoms with E-state index < -0.39 is 0 Å². The fourth-order valence-corrected chi connectivity index (χ4v) is 6.49. The van der Waals surface area contributed by atoms with Gasteiger partial charge >= 0.3 is 0 Å². The molecule has 3 heterocycles. The number of hydrogen-bond acceptors (Lipinski definition) is 5. The van der Waals surface area contributed by atoms with Crippen molar-refractivity contribution in [1.29, 1.82) is 0 Å². The quantitative estimate of drug-likeness (QED) is 0.785. The molecule has 2 nitrogen and oxygen atoms in total. The van der Waals surface area contributed by atoms with E-state index in [9.17, 15) is 0 Å². The number of H-pyrrole nitrogens is 1. The van der Waals surface area contributed by atoms with Crippen LogP contribution in [0.4, 0.5) is 0 Å². The molecule has 1 N–H and O–H groups in total. The summed E-state index contributed by atoms with van der Waals surface area (Å²) >= 11 is 11.4. The average Bonchev–Trinajstić information content (AvgIpc) is 2.81. The summed E-state index contributed by atoms with van der Waals surface area (Å²) in [6, 6.07) is 0. The van der Waals surface area contributed by atoms with E-state index in [0.717, 1.165) is 33.0 Å². The predicted molar refractivity (Wildman–Crippen MR) is 86.1 cm³/mol. The van der Waals surface area contributed by atoms with Crippen LogP contribution in [0.5, 0.6) is 0 Å². The van der Waals surface area contributed by atoms with Crippen LogP contribution in [0.2, 0.25) is 0 Å². The van der Waals surface area contributed by atoms with Gasteiger partial charge in [-0.05, 0) is 0 Å². The van der Waals surface area contributed by atoms with E-state index in [0.29, 0.717) is 10.5 Å². The third-order valence-electron chi connectivity index (χ3n) is 3.47. The highest BCUT2D eigenvalue weighted by Crippen LogP contribution is 2.43. The van der Waals surface area contributed by atoms with E-state index in [1.165, 1.54) is 11.3 Å². The van der Waals surface area contributed by atoms with Crippen molar-refractivity contribution in [2.45, 2.75) is 41.1 Å².